The smallest absolute Gasteiger partial charge is 0.290 e. The first kappa shape index (κ1) is 14.8. The molecule has 0 saturated carbocycles. The first-order valence-electron chi connectivity index (χ1n) is 7.46. The topological polar surface area (TPSA) is 71.4 Å². The molecule has 6 heteroatoms. The Morgan fingerprint density at radius 1 is 1.36 bits per heavy atom. The van der Waals surface area contributed by atoms with Crippen molar-refractivity contribution in [3.05, 3.63) is 40.1 Å². The second kappa shape index (κ2) is 5.61. The summed E-state index contributed by atoms with van der Waals surface area (Å²) in [5.41, 5.74) is 3.78. The van der Waals surface area contributed by atoms with Gasteiger partial charge in [-0.2, -0.15) is 5.10 Å². The summed E-state index contributed by atoms with van der Waals surface area (Å²) >= 11 is 0. The second-order valence-electron chi connectivity index (χ2n) is 5.81. The highest BCUT2D eigenvalue weighted by atomic mass is 16.5. The first-order valence-corrected chi connectivity index (χ1v) is 7.46. The molecule has 1 aliphatic rings. The number of aryl methyl sites for hydroxylation is 4. The van der Waals surface area contributed by atoms with E-state index in [0.717, 1.165) is 28.3 Å². The van der Waals surface area contributed by atoms with E-state index in [0.29, 0.717) is 25.5 Å². The highest BCUT2D eigenvalue weighted by molar-refractivity contribution is 5.93. The molecule has 0 bridgehead atoms. The van der Waals surface area contributed by atoms with Gasteiger partial charge in [0.15, 0.2) is 5.76 Å². The Hall–Kier alpha value is -2.08. The van der Waals surface area contributed by atoms with E-state index in [2.05, 4.69) is 10.2 Å². The number of furan rings is 1. The van der Waals surface area contributed by atoms with E-state index in [4.69, 9.17) is 9.15 Å². The highest BCUT2D eigenvalue weighted by Gasteiger charge is 2.34. The quantitative estimate of drug-likeness (QED) is 0.925. The number of morpholine rings is 1. The van der Waals surface area contributed by atoms with Crippen LogP contribution in [0.4, 0.5) is 0 Å². The van der Waals surface area contributed by atoms with Gasteiger partial charge in [-0.1, -0.05) is 0 Å². The third-order valence-corrected chi connectivity index (χ3v) is 4.14. The van der Waals surface area contributed by atoms with Crippen LogP contribution >= 0.6 is 0 Å². The largest absolute Gasteiger partial charge is 0.456 e. The van der Waals surface area contributed by atoms with Crippen LogP contribution in [0.3, 0.4) is 0 Å². The van der Waals surface area contributed by atoms with Crippen molar-refractivity contribution in [3.8, 4) is 0 Å². The molecule has 2 aromatic rings. The Labute approximate surface area is 129 Å². The van der Waals surface area contributed by atoms with Gasteiger partial charge in [-0.3, -0.25) is 9.89 Å². The van der Waals surface area contributed by atoms with Crippen molar-refractivity contribution in [1.29, 1.82) is 0 Å². The van der Waals surface area contributed by atoms with Crippen molar-refractivity contribution in [2.45, 2.75) is 33.7 Å². The normalized spacial score (nSPS) is 18.7. The fraction of sp³-hybridized carbons (Fsp3) is 0.500. The van der Waals surface area contributed by atoms with E-state index < -0.39 is 0 Å². The van der Waals surface area contributed by atoms with Gasteiger partial charge >= 0.3 is 0 Å². The number of nitrogens with one attached hydrogen (secondary N) is 1. The number of ether oxygens (including phenoxy) is 1. The molecule has 0 aromatic carbocycles. The van der Waals surface area contributed by atoms with Crippen molar-refractivity contribution < 1.29 is 13.9 Å². The number of hydrogen-bond donors (Lipinski definition) is 1. The molecular formula is C16H21N3O3. The number of H-pyrrole nitrogens is 1. The summed E-state index contributed by atoms with van der Waals surface area (Å²) in [6.45, 7) is 9.22. The summed E-state index contributed by atoms with van der Waals surface area (Å²) in [5.74, 6) is 1.09. The standard InChI is InChI=1S/C16H21N3O3/c1-9-7-10(2)22-15(9)16(20)19-5-6-21-8-13(19)14-11(3)17-18-12(14)4/h7,13H,5-6,8H2,1-4H3,(H,17,18)/t13-/m1/s1. The molecule has 118 valence electrons. The first-order chi connectivity index (χ1) is 10.5. The van der Waals surface area contributed by atoms with Crippen LogP contribution in [0.25, 0.3) is 0 Å². The Morgan fingerprint density at radius 3 is 2.73 bits per heavy atom. The monoisotopic (exact) mass is 303 g/mol. The van der Waals surface area contributed by atoms with Crippen LogP contribution in [0.5, 0.6) is 0 Å². The molecule has 3 rings (SSSR count). The molecular weight excluding hydrogens is 282 g/mol. The van der Waals surface area contributed by atoms with Gasteiger partial charge in [0, 0.05) is 23.4 Å². The molecule has 1 aliphatic heterocycles. The van der Waals surface area contributed by atoms with E-state index >= 15 is 0 Å². The summed E-state index contributed by atoms with van der Waals surface area (Å²) in [5, 5.41) is 7.22. The third-order valence-electron chi connectivity index (χ3n) is 4.14. The molecule has 6 nitrogen and oxygen atoms in total. The zero-order valence-electron chi connectivity index (χ0n) is 13.4. The predicted octanol–water partition coefficient (Wildman–Crippen LogP) is 2.45. The zero-order valence-corrected chi connectivity index (χ0v) is 13.4. The third kappa shape index (κ3) is 2.43. The van der Waals surface area contributed by atoms with Gasteiger partial charge in [0.25, 0.3) is 5.91 Å². The van der Waals surface area contributed by atoms with Crippen LogP contribution in [0.2, 0.25) is 0 Å². The van der Waals surface area contributed by atoms with E-state index in [1.54, 1.807) is 0 Å². The molecule has 0 spiro atoms. The number of nitrogens with zero attached hydrogens (tertiary/aromatic N) is 2. The van der Waals surface area contributed by atoms with Gasteiger partial charge in [-0.15, -0.1) is 0 Å². The van der Waals surface area contributed by atoms with E-state index in [1.807, 2.05) is 38.7 Å². The molecule has 0 radical (unpaired) electrons. The summed E-state index contributed by atoms with van der Waals surface area (Å²) in [6, 6.07) is 1.75. The molecule has 3 heterocycles. The van der Waals surface area contributed by atoms with Crippen molar-refractivity contribution in [2.24, 2.45) is 0 Å². The van der Waals surface area contributed by atoms with Crippen LogP contribution in [0.1, 0.15) is 44.9 Å². The average Bonchev–Trinajstić information content (AvgIpc) is 3.00. The predicted molar refractivity (Wildman–Crippen MR) is 80.8 cm³/mol. The molecule has 22 heavy (non-hydrogen) atoms. The van der Waals surface area contributed by atoms with Gasteiger partial charge in [0.05, 0.1) is 24.9 Å². The minimum atomic E-state index is -0.134. The summed E-state index contributed by atoms with van der Waals surface area (Å²) in [4.78, 5) is 14.7. The van der Waals surface area contributed by atoms with E-state index in [1.165, 1.54) is 0 Å². The van der Waals surface area contributed by atoms with Gasteiger partial charge in [-0.25, -0.2) is 0 Å². The highest BCUT2D eigenvalue weighted by Crippen LogP contribution is 2.30. The van der Waals surface area contributed by atoms with E-state index in [-0.39, 0.29) is 11.9 Å². The lowest BCUT2D eigenvalue weighted by Gasteiger charge is -2.35. The Bertz CT molecular complexity index is 682. The number of rotatable bonds is 2. The van der Waals surface area contributed by atoms with Gasteiger partial charge in [-0.05, 0) is 33.8 Å². The SMILES string of the molecule is Cc1cc(C)c(C(=O)N2CCOC[C@@H]2c2c(C)n[nH]c2C)o1. The maximum atomic E-state index is 12.9. The summed E-state index contributed by atoms with van der Waals surface area (Å²) in [7, 11) is 0. The maximum absolute atomic E-state index is 12.9. The van der Waals surface area contributed by atoms with E-state index in [9.17, 15) is 4.79 Å². The number of amides is 1. The summed E-state index contributed by atoms with van der Waals surface area (Å²) in [6.07, 6.45) is 0. The van der Waals surface area contributed by atoms with Crippen LogP contribution in [0, 0.1) is 27.7 Å². The zero-order chi connectivity index (χ0) is 15.9. The van der Waals surface area contributed by atoms with Crippen LogP contribution in [-0.4, -0.2) is 40.8 Å². The number of aromatic amines is 1. The molecule has 1 amide bonds. The number of carbonyl (C=O) groups is 1. The molecule has 0 aliphatic carbocycles. The number of carbonyl (C=O) groups excluding carboxylic acids is 1. The number of hydrogen-bond acceptors (Lipinski definition) is 4. The van der Waals surface area contributed by atoms with Gasteiger partial charge in [0.1, 0.15) is 5.76 Å². The molecule has 1 fully saturated rings. The fourth-order valence-electron chi connectivity index (χ4n) is 3.12. The Balaban J connectivity index is 1.96. The van der Waals surface area contributed by atoms with Gasteiger partial charge < -0.3 is 14.1 Å². The van der Waals surface area contributed by atoms with Crippen LogP contribution in [0.15, 0.2) is 10.5 Å². The Morgan fingerprint density at radius 2 is 2.14 bits per heavy atom. The fourth-order valence-corrected chi connectivity index (χ4v) is 3.12. The Kier molecular flexibility index (Phi) is 3.78. The minimum absolute atomic E-state index is 0.0844. The molecule has 1 N–H and O–H groups in total. The molecule has 1 saturated heterocycles. The molecule has 2 aromatic heterocycles. The minimum Gasteiger partial charge on any atom is -0.456 e. The molecule has 0 unspecified atom stereocenters. The van der Waals surface area contributed by atoms with Crippen LogP contribution in [-0.2, 0) is 4.74 Å². The molecule has 1 atom stereocenters. The van der Waals surface area contributed by atoms with Gasteiger partial charge in [0.2, 0.25) is 0 Å². The van der Waals surface area contributed by atoms with Crippen LogP contribution < -0.4 is 0 Å². The van der Waals surface area contributed by atoms with Crippen molar-refractivity contribution in [2.75, 3.05) is 19.8 Å². The lowest BCUT2D eigenvalue weighted by Crippen LogP contribution is -2.43. The average molecular weight is 303 g/mol. The summed E-state index contributed by atoms with van der Waals surface area (Å²) < 4.78 is 11.2. The second-order valence-corrected chi connectivity index (χ2v) is 5.81. The van der Waals surface area contributed by atoms with Crippen molar-refractivity contribution in [3.63, 3.8) is 0 Å². The van der Waals surface area contributed by atoms with Crippen molar-refractivity contribution >= 4 is 5.91 Å². The van der Waals surface area contributed by atoms with Crippen molar-refractivity contribution in [1.82, 2.24) is 15.1 Å². The number of aromatic nitrogens is 2. The lowest BCUT2D eigenvalue weighted by molar-refractivity contribution is -0.00467. The lowest BCUT2D eigenvalue weighted by atomic mass is 10.0. The maximum Gasteiger partial charge on any atom is 0.290 e.